The average Bonchev–Trinajstić information content (AvgIpc) is 3.16. The van der Waals surface area contributed by atoms with Crippen LogP contribution in [-0.4, -0.2) is 31.5 Å². The fourth-order valence-corrected chi connectivity index (χ4v) is 3.93. The van der Waals surface area contributed by atoms with Crippen LogP contribution in [-0.2, 0) is 25.7 Å². The lowest BCUT2D eigenvalue weighted by atomic mass is 10.0. The maximum absolute atomic E-state index is 14.5. The number of esters is 1. The minimum absolute atomic E-state index is 0.0455. The normalized spacial score (nSPS) is 14.2. The fourth-order valence-electron chi connectivity index (χ4n) is 3.93. The number of rotatable bonds is 8. The number of methoxy groups -OCH3 is 1. The SMILES string of the molecule is COC(=O)C1=C(C)N(c2ccccc2F)C(=O)/C1=C\c1ccc(OCC(=O)NCc2ccccc2)cc1. The molecule has 0 fully saturated rings. The highest BCUT2D eigenvalue weighted by Gasteiger charge is 2.38. The molecule has 1 aliphatic heterocycles. The van der Waals surface area contributed by atoms with Gasteiger partial charge in [-0.15, -0.1) is 0 Å². The van der Waals surface area contributed by atoms with Gasteiger partial charge in [0.2, 0.25) is 0 Å². The second kappa shape index (κ2) is 11.3. The fraction of sp³-hybridized carbons (Fsp3) is 0.138. The predicted octanol–water partition coefficient (Wildman–Crippen LogP) is 4.40. The maximum atomic E-state index is 14.5. The van der Waals surface area contributed by atoms with E-state index in [0.717, 1.165) is 5.56 Å². The summed E-state index contributed by atoms with van der Waals surface area (Å²) >= 11 is 0. The third kappa shape index (κ3) is 5.75. The Morgan fingerprint density at radius 3 is 2.32 bits per heavy atom. The molecule has 3 aromatic carbocycles. The van der Waals surface area contributed by atoms with Crippen LogP contribution in [0.5, 0.6) is 5.75 Å². The summed E-state index contributed by atoms with van der Waals surface area (Å²) in [4.78, 5) is 39.1. The number of ether oxygens (including phenoxy) is 2. The maximum Gasteiger partial charge on any atom is 0.340 e. The molecule has 37 heavy (non-hydrogen) atoms. The Bertz CT molecular complexity index is 1380. The van der Waals surface area contributed by atoms with Gasteiger partial charge in [-0.1, -0.05) is 54.6 Å². The van der Waals surface area contributed by atoms with Crippen molar-refractivity contribution >= 4 is 29.5 Å². The average molecular weight is 501 g/mol. The molecule has 1 N–H and O–H groups in total. The van der Waals surface area contributed by atoms with Crippen molar-refractivity contribution in [3.05, 3.63) is 113 Å². The number of hydrogen-bond acceptors (Lipinski definition) is 5. The highest BCUT2D eigenvalue weighted by molar-refractivity contribution is 6.23. The van der Waals surface area contributed by atoms with Gasteiger partial charge in [0.25, 0.3) is 11.8 Å². The van der Waals surface area contributed by atoms with Gasteiger partial charge in [-0.25, -0.2) is 9.18 Å². The van der Waals surface area contributed by atoms with E-state index < -0.39 is 17.7 Å². The van der Waals surface area contributed by atoms with E-state index >= 15 is 0 Å². The van der Waals surface area contributed by atoms with Gasteiger partial charge in [0, 0.05) is 12.2 Å². The van der Waals surface area contributed by atoms with Crippen LogP contribution in [0.4, 0.5) is 10.1 Å². The smallest absolute Gasteiger partial charge is 0.340 e. The van der Waals surface area contributed by atoms with Crippen LogP contribution < -0.4 is 15.0 Å². The Hall–Kier alpha value is -4.72. The van der Waals surface area contributed by atoms with E-state index in [0.29, 0.717) is 17.9 Å². The van der Waals surface area contributed by atoms with Crippen molar-refractivity contribution in [3.8, 4) is 5.75 Å². The summed E-state index contributed by atoms with van der Waals surface area (Å²) in [5, 5.41) is 2.79. The molecule has 0 radical (unpaired) electrons. The molecule has 0 atom stereocenters. The number of benzene rings is 3. The Balaban J connectivity index is 1.48. The topological polar surface area (TPSA) is 84.9 Å². The second-order valence-electron chi connectivity index (χ2n) is 8.22. The lowest BCUT2D eigenvalue weighted by Gasteiger charge is -2.18. The third-order valence-electron chi connectivity index (χ3n) is 5.78. The Labute approximate surface area is 213 Å². The zero-order valence-corrected chi connectivity index (χ0v) is 20.4. The molecular weight excluding hydrogens is 475 g/mol. The van der Waals surface area contributed by atoms with Gasteiger partial charge in [-0.05, 0) is 48.4 Å². The van der Waals surface area contributed by atoms with E-state index in [1.165, 1.54) is 36.3 Å². The molecule has 4 rings (SSSR count). The van der Waals surface area contributed by atoms with Crippen LogP contribution >= 0.6 is 0 Å². The van der Waals surface area contributed by atoms with Crippen molar-refractivity contribution in [2.24, 2.45) is 0 Å². The van der Waals surface area contributed by atoms with Crippen molar-refractivity contribution in [1.82, 2.24) is 5.32 Å². The number of anilines is 1. The predicted molar refractivity (Wildman–Crippen MR) is 137 cm³/mol. The van der Waals surface area contributed by atoms with Crippen LogP contribution in [0.15, 0.2) is 95.7 Å². The standard InChI is InChI=1S/C29H25FN2O5/c1-19-27(29(35)36-2)23(28(34)32(19)25-11-7-6-10-24(25)30)16-20-12-14-22(15-13-20)37-18-26(33)31-17-21-8-4-3-5-9-21/h3-16H,17-18H2,1-2H3,(H,31,33)/b23-16-. The van der Waals surface area contributed by atoms with Crippen molar-refractivity contribution in [2.75, 3.05) is 18.6 Å². The Morgan fingerprint density at radius 1 is 0.973 bits per heavy atom. The lowest BCUT2D eigenvalue weighted by molar-refractivity contribution is -0.136. The highest BCUT2D eigenvalue weighted by atomic mass is 19.1. The summed E-state index contributed by atoms with van der Waals surface area (Å²) in [5.41, 5.74) is 2.05. The number of nitrogens with one attached hydrogen (secondary N) is 1. The number of carbonyl (C=O) groups excluding carboxylic acids is 3. The van der Waals surface area contributed by atoms with Crippen molar-refractivity contribution in [2.45, 2.75) is 13.5 Å². The second-order valence-corrected chi connectivity index (χ2v) is 8.22. The molecule has 0 saturated heterocycles. The molecule has 0 aromatic heterocycles. The third-order valence-corrected chi connectivity index (χ3v) is 5.78. The van der Waals surface area contributed by atoms with Crippen molar-refractivity contribution in [3.63, 3.8) is 0 Å². The minimum atomic E-state index is -0.697. The molecule has 0 aliphatic carbocycles. The molecule has 1 aliphatic rings. The number of para-hydroxylation sites is 1. The minimum Gasteiger partial charge on any atom is -0.484 e. The molecule has 0 spiro atoms. The number of hydrogen-bond donors (Lipinski definition) is 1. The molecule has 0 unspecified atom stereocenters. The van der Waals surface area contributed by atoms with E-state index in [1.807, 2.05) is 30.3 Å². The van der Waals surface area contributed by atoms with Crippen LogP contribution in [0.2, 0.25) is 0 Å². The summed E-state index contributed by atoms with van der Waals surface area (Å²) in [6.07, 6.45) is 1.54. The Morgan fingerprint density at radius 2 is 1.65 bits per heavy atom. The van der Waals surface area contributed by atoms with Gasteiger partial charge < -0.3 is 14.8 Å². The summed E-state index contributed by atoms with van der Waals surface area (Å²) in [6.45, 7) is 1.82. The number of allylic oxidation sites excluding steroid dienone is 1. The monoisotopic (exact) mass is 500 g/mol. The quantitative estimate of drug-likeness (QED) is 0.366. The van der Waals surface area contributed by atoms with E-state index in [2.05, 4.69) is 5.32 Å². The largest absolute Gasteiger partial charge is 0.484 e. The van der Waals surface area contributed by atoms with E-state index in [4.69, 9.17) is 9.47 Å². The number of halogens is 1. The van der Waals surface area contributed by atoms with Crippen LogP contribution in [0.1, 0.15) is 18.1 Å². The summed E-state index contributed by atoms with van der Waals surface area (Å²) in [6, 6.07) is 22.1. The lowest BCUT2D eigenvalue weighted by Crippen LogP contribution is -2.28. The summed E-state index contributed by atoms with van der Waals surface area (Å²) in [5.74, 6) is -1.63. The molecule has 0 saturated carbocycles. The molecule has 8 heteroatoms. The van der Waals surface area contributed by atoms with E-state index in [1.54, 1.807) is 37.3 Å². The van der Waals surface area contributed by atoms with Crippen LogP contribution in [0.25, 0.3) is 6.08 Å². The molecule has 7 nitrogen and oxygen atoms in total. The summed E-state index contributed by atoms with van der Waals surface area (Å²) in [7, 11) is 1.22. The van der Waals surface area contributed by atoms with Crippen LogP contribution in [0, 0.1) is 5.82 Å². The molecule has 3 aromatic rings. The van der Waals surface area contributed by atoms with E-state index in [9.17, 15) is 18.8 Å². The van der Waals surface area contributed by atoms with Crippen molar-refractivity contribution < 1.29 is 28.2 Å². The Kier molecular flexibility index (Phi) is 7.78. The molecule has 2 amide bonds. The van der Waals surface area contributed by atoms with Crippen LogP contribution in [0.3, 0.4) is 0 Å². The molecule has 0 bridgehead atoms. The van der Waals surface area contributed by atoms with Gasteiger partial charge in [-0.2, -0.15) is 0 Å². The first-order valence-corrected chi connectivity index (χ1v) is 11.5. The first kappa shape index (κ1) is 25.4. The first-order chi connectivity index (χ1) is 17.9. The number of nitrogens with zero attached hydrogens (tertiary/aromatic N) is 1. The zero-order chi connectivity index (χ0) is 26.4. The number of carbonyl (C=O) groups is 3. The zero-order valence-electron chi connectivity index (χ0n) is 20.4. The van der Waals surface area contributed by atoms with Gasteiger partial charge in [-0.3, -0.25) is 14.5 Å². The number of amides is 2. The first-order valence-electron chi connectivity index (χ1n) is 11.5. The molecular formula is C29H25FN2O5. The van der Waals surface area contributed by atoms with Gasteiger partial charge >= 0.3 is 5.97 Å². The molecule has 188 valence electrons. The van der Waals surface area contributed by atoms with Gasteiger partial charge in [0.05, 0.1) is 23.9 Å². The van der Waals surface area contributed by atoms with Gasteiger partial charge in [0.15, 0.2) is 6.61 Å². The highest BCUT2D eigenvalue weighted by Crippen LogP contribution is 2.36. The van der Waals surface area contributed by atoms with E-state index in [-0.39, 0.29) is 35.0 Å². The summed E-state index contributed by atoms with van der Waals surface area (Å²) < 4.78 is 24.9. The molecule has 1 heterocycles. The van der Waals surface area contributed by atoms with Gasteiger partial charge in [0.1, 0.15) is 11.6 Å². The van der Waals surface area contributed by atoms with Crippen molar-refractivity contribution in [1.29, 1.82) is 0 Å².